The van der Waals surface area contributed by atoms with E-state index >= 15 is 8.78 Å². The summed E-state index contributed by atoms with van der Waals surface area (Å²) in [6, 6.07) is 140. The van der Waals surface area contributed by atoms with Crippen molar-refractivity contribution in [2.75, 3.05) is 0 Å². The Morgan fingerprint density at radius 3 is 1.22 bits per heavy atom. The Morgan fingerprint density at radius 1 is 0.235 bits per heavy atom. The molecule has 0 radical (unpaired) electrons. The Hall–Kier alpha value is -21.2. The predicted octanol–water partition coefficient (Wildman–Crippen LogP) is 34.0. The highest BCUT2D eigenvalue weighted by Gasteiger charge is 2.31. The highest BCUT2D eigenvalue weighted by atomic mass is 19.1. The van der Waals surface area contributed by atoms with Gasteiger partial charge in [0.15, 0.2) is 0 Å². The van der Waals surface area contributed by atoms with Gasteiger partial charge in [-0.25, -0.2) is 22.0 Å². The maximum Gasteiger partial charge on any atom is 0.148 e. The average molecular weight is 1920 g/mol. The molecule has 2 aromatic heterocycles. The van der Waals surface area contributed by atoms with Gasteiger partial charge in [-0.05, 0) is 232 Å². The van der Waals surface area contributed by atoms with Crippen molar-refractivity contribution in [1.29, 1.82) is 52.6 Å². The number of nitrogens with zero attached hydrogens (tertiary/aromatic N) is 11. The van der Waals surface area contributed by atoms with Gasteiger partial charge in [0.1, 0.15) is 82.2 Å². The van der Waals surface area contributed by atoms with Crippen molar-refractivity contribution >= 4 is 141 Å². The number of hydrogen-bond donors (Lipinski definition) is 0. The molecular formula is C132H72F5N11O. The second kappa shape index (κ2) is 39.0. The number of fused-ring (bicyclic) bond motifs is 16. The first-order valence-corrected chi connectivity index (χ1v) is 47.4. The molecule has 23 aromatic carbocycles. The summed E-state index contributed by atoms with van der Waals surface area (Å²) in [4.78, 5) is 0. The van der Waals surface area contributed by atoms with Gasteiger partial charge in [-0.2, -0.15) is 52.6 Å². The molecule has 0 unspecified atom stereocenters. The molecule has 0 atom stereocenters. The largest absolute Gasteiger partial charge is 0.455 e. The van der Waals surface area contributed by atoms with E-state index in [1.165, 1.54) is 53.9 Å². The van der Waals surface area contributed by atoms with Crippen molar-refractivity contribution in [2.24, 2.45) is 0 Å². The van der Waals surface area contributed by atoms with E-state index in [2.05, 4.69) is 103 Å². The third-order valence-electron chi connectivity index (χ3n) is 27.4. The number of benzene rings is 23. The third kappa shape index (κ3) is 16.5. The molecular weight excluding hydrogens is 1850 g/mol. The minimum absolute atomic E-state index is 0.114. The van der Waals surface area contributed by atoms with Gasteiger partial charge in [-0.3, -0.25) is 0 Å². The molecule has 0 amide bonds. The maximum atomic E-state index is 15.8. The van der Waals surface area contributed by atoms with Gasteiger partial charge in [0, 0.05) is 44.0 Å². The third-order valence-corrected chi connectivity index (χ3v) is 27.4. The summed E-state index contributed by atoms with van der Waals surface area (Å²) in [5.74, 6) is -3.01. The molecule has 0 saturated carbocycles. The number of hydrogen-bond acceptors (Lipinski definition) is 11. The second-order valence-corrected chi connectivity index (χ2v) is 36.8. The SMILES string of the molecule is CC(C)(C)c1cc(C#N)c(-n2c3ccccc3c3c4oc5ccccc5c4ccc32)c(C#N)c1F.N#Cc1cc(C#N)c(-c2ccc3ccc4c(-c5ccccc5)ccc5ccc2c3c54)cc1F.N#Cc1cc(C#N)c(F)c(-c2c3ccccc3c(-c3ccccc3)c3ccccc23)c1.N#Cc1cc(C#N)c(F)c(-c2ccc3c4ccccc4c4ccccc4c3c2)c1.N#Cc1cc(C#N)c(F)c(-c2cccc3ccccc23)c1. The zero-order chi connectivity index (χ0) is 103. The fourth-order valence-electron chi connectivity index (χ4n) is 20.7. The smallest absolute Gasteiger partial charge is 0.148 e. The first-order chi connectivity index (χ1) is 72.7. The Bertz CT molecular complexity index is 10400. The van der Waals surface area contributed by atoms with Crippen LogP contribution in [-0.2, 0) is 5.41 Å². The summed E-state index contributed by atoms with van der Waals surface area (Å²) < 4.78 is 83.3. The van der Waals surface area contributed by atoms with Crippen LogP contribution >= 0.6 is 0 Å². The lowest BCUT2D eigenvalue weighted by atomic mass is 9.84. The molecule has 0 fully saturated rings. The Kier molecular flexibility index (Phi) is 24.6. The zero-order valence-corrected chi connectivity index (χ0v) is 79.6. The van der Waals surface area contributed by atoms with Crippen LogP contribution in [0, 0.1) is 142 Å². The molecule has 12 nitrogen and oxygen atoms in total. The van der Waals surface area contributed by atoms with Gasteiger partial charge in [-0.1, -0.05) is 318 Å². The molecule has 0 aliphatic carbocycles. The van der Waals surface area contributed by atoms with Crippen molar-refractivity contribution in [3.05, 3.63) is 472 Å². The topological polar surface area (TPSA) is 256 Å². The van der Waals surface area contributed by atoms with Gasteiger partial charge in [0.2, 0.25) is 0 Å². The standard InChI is InChI=1S/C30H20FN3O.C30H15FN2.C28H15FN2.C26H13FN2.C18H9FN2/c1-30(2,3)22-14-17(15-32)28(21(16-33)27(22)31)34-23-10-6-4-9-20(23)26-24(34)13-12-19-18-8-5-7-11-25(18)35-29(19)26;31-28-15-27(21(16-32)14-22(28)17-33)24-11-7-20-8-12-25-23(18-4-2-1-3-5-18)10-6-19-9-13-26(24)30(20)29(19)25;29-28-20(17-31)14-18(16-30)15-25(28)27-23-12-6-4-10-21(23)26(19-8-2-1-3-9-19)22-11-5-7-13-24(22)27;27-26-18(15-29)11-16(14-28)12-24(26)17-9-10-23-21-7-2-1-5-19(21)20-6-3-4-8-22(20)25(23)13-17;19-18-14(11-21)8-12(10-20)9-17(18)16-7-3-5-13-4-1-2-6-15(13)16/h4-14H,1-3H3;1-15H;1-15H;1-13H;1-9H. The van der Waals surface area contributed by atoms with Gasteiger partial charge in [0.05, 0.1) is 96.5 Å². The molecule has 25 aromatic rings. The molecule has 0 saturated heterocycles. The fraction of sp³-hybridized carbons (Fsp3) is 0.0303. The molecule has 17 heteroatoms. The first kappa shape index (κ1) is 94.1. The number of para-hydroxylation sites is 2. The lowest BCUT2D eigenvalue weighted by molar-refractivity contribution is 0.520. The number of aromatic nitrogens is 1. The van der Waals surface area contributed by atoms with Crippen molar-refractivity contribution in [3.8, 4) is 133 Å². The molecule has 149 heavy (non-hydrogen) atoms. The van der Waals surface area contributed by atoms with E-state index in [9.17, 15) is 55.3 Å². The highest BCUT2D eigenvalue weighted by Crippen LogP contribution is 2.50. The van der Waals surface area contributed by atoms with Crippen molar-refractivity contribution in [2.45, 2.75) is 26.2 Å². The van der Waals surface area contributed by atoms with Crippen LogP contribution in [-0.4, -0.2) is 4.57 Å². The van der Waals surface area contributed by atoms with E-state index in [1.807, 2.05) is 298 Å². The summed E-state index contributed by atoms with van der Waals surface area (Å²) >= 11 is 0. The Morgan fingerprint density at radius 2 is 0.664 bits per heavy atom. The van der Waals surface area contributed by atoms with E-state index < -0.39 is 34.5 Å². The van der Waals surface area contributed by atoms with Crippen LogP contribution < -0.4 is 0 Å². The maximum absolute atomic E-state index is 15.8. The molecule has 0 N–H and O–H groups in total. The predicted molar refractivity (Wildman–Crippen MR) is 581 cm³/mol. The fourth-order valence-corrected chi connectivity index (χ4v) is 20.7. The summed E-state index contributed by atoms with van der Waals surface area (Å²) in [6.45, 7) is 5.60. The van der Waals surface area contributed by atoms with Crippen LogP contribution in [0.1, 0.15) is 82.0 Å². The monoisotopic (exact) mass is 1920 g/mol. The zero-order valence-electron chi connectivity index (χ0n) is 79.6. The Labute approximate surface area is 850 Å². The lowest BCUT2D eigenvalue weighted by Gasteiger charge is -2.23. The molecule has 0 aliphatic rings. The molecule has 2 heterocycles. The van der Waals surface area contributed by atoms with Crippen LogP contribution in [0.5, 0.6) is 0 Å². The lowest BCUT2D eigenvalue weighted by Crippen LogP contribution is -2.17. The van der Waals surface area contributed by atoms with Gasteiger partial charge >= 0.3 is 0 Å². The molecule has 0 spiro atoms. The van der Waals surface area contributed by atoms with E-state index in [1.54, 1.807) is 18.2 Å². The number of furan rings is 1. The minimum atomic E-state index is -0.622. The second-order valence-electron chi connectivity index (χ2n) is 36.8. The van der Waals surface area contributed by atoms with Crippen molar-refractivity contribution in [3.63, 3.8) is 0 Å². The summed E-state index contributed by atoms with van der Waals surface area (Å²) in [6.07, 6.45) is 0. The van der Waals surface area contributed by atoms with E-state index in [0.717, 1.165) is 163 Å². The summed E-state index contributed by atoms with van der Waals surface area (Å²) in [7, 11) is 0. The van der Waals surface area contributed by atoms with Crippen LogP contribution in [0.3, 0.4) is 0 Å². The normalized spacial score (nSPS) is 11.0. The molecule has 25 rings (SSSR count). The average Bonchev–Trinajstić information content (AvgIpc) is 1.70. The van der Waals surface area contributed by atoms with Crippen molar-refractivity contribution < 1.29 is 26.4 Å². The first-order valence-electron chi connectivity index (χ1n) is 47.4. The molecule has 0 bridgehead atoms. The van der Waals surface area contributed by atoms with Crippen LogP contribution in [0.4, 0.5) is 22.0 Å². The molecule has 696 valence electrons. The number of halogens is 5. The number of nitriles is 10. The molecule has 0 aliphatic heterocycles. The van der Waals surface area contributed by atoms with Crippen LogP contribution in [0.25, 0.3) is 213 Å². The quantitative estimate of drug-likeness (QED) is 0.0823. The summed E-state index contributed by atoms with van der Waals surface area (Å²) in [5, 5.41) is 117. The van der Waals surface area contributed by atoms with Gasteiger partial charge < -0.3 is 8.98 Å². The summed E-state index contributed by atoms with van der Waals surface area (Å²) in [5.41, 5.74) is 12.3. The van der Waals surface area contributed by atoms with Gasteiger partial charge in [0.25, 0.3) is 0 Å². The van der Waals surface area contributed by atoms with Gasteiger partial charge in [-0.15, -0.1) is 0 Å². The van der Waals surface area contributed by atoms with E-state index in [0.29, 0.717) is 27.8 Å². The highest BCUT2D eigenvalue weighted by molar-refractivity contribution is 6.30. The van der Waals surface area contributed by atoms with Crippen LogP contribution in [0.15, 0.2) is 387 Å². The Balaban J connectivity index is 0.000000110. The van der Waals surface area contributed by atoms with Crippen molar-refractivity contribution in [1.82, 2.24) is 4.57 Å². The minimum Gasteiger partial charge on any atom is -0.455 e. The van der Waals surface area contributed by atoms with Crippen LogP contribution in [0.2, 0.25) is 0 Å². The van der Waals surface area contributed by atoms with E-state index in [4.69, 9.17) is 14.9 Å². The van der Waals surface area contributed by atoms with E-state index in [-0.39, 0.29) is 78.0 Å². The number of rotatable bonds is 7.